The van der Waals surface area contributed by atoms with Crippen LogP contribution in [-0.4, -0.2) is 10.2 Å². The molecule has 0 saturated heterocycles. The molecule has 0 aliphatic rings. The van der Waals surface area contributed by atoms with Gasteiger partial charge < -0.3 is 5.32 Å². The normalized spacial score (nSPS) is 12.5. The number of nitrogens with one attached hydrogen (secondary N) is 2. The van der Waals surface area contributed by atoms with E-state index in [1.807, 2.05) is 36.5 Å². The van der Waals surface area contributed by atoms with Crippen LogP contribution in [0.2, 0.25) is 0 Å². The number of aromatic nitrogens is 2. The fourth-order valence-electron chi connectivity index (χ4n) is 2.40. The standard InChI is InChI=1S/C16H16FN3/c1-2-14(11-6-8-12(17)9-7-11)19-15-4-3-5-16-13(15)10-18-20-16/h3-10,14,19H,2H2,1H3,(H,18,20). The minimum Gasteiger partial charge on any atom is -0.378 e. The summed E-state index contributed by atoms with van der Waals surface area (Å²) < 4.78 is 13.0. The van der Waals surface area contributed by atoms with Gasteiger partial charge in [-0.05, 0) is 36.2 Å². The Morgan fingerprint density at radius 1 is 1.20 bits per heavy atom. The van der Waals surface area contributed by atoms with E-state index in [4.69, 9.17) is 0 Å². The van der Waals surface area contributed by atoms with Gasteiger partial charge in [0.15, 0.2) is 0 Å². The van der Waals surface area contributed by atoms with Gasteiger partial charge in [0.05, 0.1) is 17.8 Å². The fourth-order valence-corrected chi connectivity index (χ4v) is 2.40. The van der Waals surface area contributed by atoms with Gasteiger partial charge in [-0.1, -0.05) is 25.1 Å². The first-order valence-corrected chi connectivity index (χ1v) is 6.72. The summed E-state index contributed by atoms with van der Waals surface area (Å²) in [6, 6.07) is 12.8. The Kier molecular flexibility index (Phi) is 3.37. The third-order valence-corrected chi connectivity index (χ3v) is 3.50. The second-order valence-corrected chi connectivity index (χ2v) is 4.79. The van der Waals surface area contributed by atoms with Crippen LogP contribution in [0.15, 0.2) is 48.7 Å². The van der Waals surface area contributed by atoms with Crippen LogP contribution in [0.4, 0.5) is 10.1 Å². The summed E-state index contributed by atoms with van der Waals surface area (Å²) in [5, 5.41) is 11.6. The first-order chi connectivity index (χ1) is 9.78. The second kappa shape index (κ2) is 5.33. The molecule has 1 aromatic heterocycles. The minimum atomic E-state index is -0.208. The van der Waals surface area contributed by atoms with E-state index in [1.165, 1.54) is 12.1 Å². The largest absolute Gasteiger partial charge is 0.378 e. The van der Waals surface area contributed by atoms with E-state index in [-0.39, 0.29) is 11.9 Å². The van der Waals surface area contributed by atoms with Crippen LogP contribution in [0, 0.1) is 5.82 Å². The van der Waals surface area contributed by atoms with E-state index in [0.717, 1.165) is 28.6 Å². The molecule has 0 fully saturated rings. The molecule has 3 rings (SSSR count). The molecule has 1 unspecified atom stereocenters. The number of nitrogens with zero attached hydrogens (tertiary/aromatic N) is 1. The fraction of sp³-hybridized carbons (Fsp3) is 0.188. The van der Waals surface area contributed by atoms with Gasteiger partial charge in [-0.25, -0.2) is 4.39 Å². The number of anilines is 1. The highest BCUT2D eigenvalue weighted by Crippen LogP contribution is 2.27. The zero-order chi connectivity index (χ0) is 13.9. The first kappa shape index (κ1) is 12.7. The third kappa shape index (κ3) is 2.37. The van der Waals surface area contributed by atoms with Crippen molar-refractivity contribution in [3.63, 3.8) is 0 Å². The number of hydrogen-bond donors (Lipinski definition) is 2. The van der Waals surface area contributed by atoms with Crippen LogP contribution in [0.1, 0.15) is 24.9 Å². The zero-order valence-electron chi connectivity index (χ0n) is 11.2. The Labute approximate surface area is 116 Å². The van der Waals surface area contributed by atoms with Crippen molar-refractivity contribution >= 4 is 16.6 Å². The van der Waals surface area contributed by atoms with Crippen LogP contribution < -0.4 is 5.32 Å². The Morgan fingerprint density at radius 3 is 2.75 bits per heavy atom. The lowest BCUT2D eigenvalue weighted by atomic mass is 10.0. The summed E-state index contributed by atoms with van der Waals surface area (Å²) in [7, 11) is 0. The molecule has 102 valence electrons. The van der Waals surface area contributed by atoms with Crippen molar-refractivity contribution in [3.8, 4) is 0 Å². The highest BCUT2D eigenvalue weighted by molar-refractivity contribution is 5.90. The summed E-state index contributed by atoms with van der Waals surface area (Å²) in [4.78, 5) is 0. The Balaban J connectivity index is 1.91. The van der Waals surface area contributed by atoms with E-state index in [1.54, 1.807) is 0 Å². The highest BCUT2D eigenvalue weighted by atomic mass is 19.1. The maximum absolute atomic E-state index is 13.0. The number of rotatable bonds is 4. The molecule has 20 heavy (non-hydrogen) atoms. The molecule has 0 aliphatic heterocycles. The summed E-state index contributed by atoms with van der Waals surface area (Å²) in [5.74, 6) is -0.208. The van der Waals surface area contributed by atoms with Gasteiger partial charge in [-0.2, -0.15) is 5.10 Å². The monoisotopic (exact) mass is 269 g/mol. The molecule has 4 heteroatoms. The number of fused-ring (bicyclic) bond motifs is 1. The van der Waals surface area contributed by atoms with Gasteiger partial charge in [0.25, 0.3) is 0 Å². The molecule has 0 spiro atoms. The minimum absolute atomic E-state index is 0.149. The molecule has 2 aromatic carbocycles. The molecule has 1 heterocycles. The van der Waals surface area contributed by atoms with Crippen LogP contribution in [0.5, 0.6) is 0 Å². The number of aromatic amines is 1. The lowest BCUT2D eigenvalue weighted by Gasteiger charge is -2.19. The van der Waals surface area contributed by atoms with Gasteiger partial charge in [0, 0.05) is 11.1 Å². The molecule has 3 nitrogen and oxygen atoms in total. The average Bonchev–Trinajstić information content (AvgIpc) is 2.95. The number of benzene rings is 2. The molecule has 1 atom stereocenters. The van der Waals surface area contributed by atoms with Crippen molar-refractivity contribution in [1.29, 1.82) is 0 Å². The molecule has 0 radical (unpaired) electrons. The highest BCUT2D eigenvalue weighted by Gasteiger charge is 2.11. The van der Waals surface area contributed by atoms with Crippen molar-refractivity contribution < 1.29 is 4.39 Å². The maximum Gasteiger partial charge on any atom is 0.123 e. The SMILES string of the molecule is CCC(Nc1cccc2[nH]ncc12)c1ccc(F)cc1. The molecular weight excluding hydrogens is 253 g/mol. The molecule has 0 aliphatic carbocycles. The molecular formula is C16H16FN3. The maximum atomic E-state index is 13.0. The van der Waals surface area contributed by atoms with Gasteiger partial charge in [-0.3, -0.25) is 5.10 Å². The predicted octanol–water partition coefficient (Wildman–Crippen LogP) is 4.27. The molecule has 2 N–H and O–H groups in total. The molecule has 0 saturated carbocycles. The number of hydrogen-bond acceptors (Lipinski definition) is 2. The lowest BCUT2D eigenvalue weighted by Crippen LogP contribution is -2.09. The van der Waals surface area contributed by atoms with E-state index >= 15 is 0 Å². The van der Waals surface area contributed by atoms with E-state index in [0.29, 0.717) is 0 Å². The van der Waals surface area contributed by atoms with Gasteiger partial charge >= 0.3 is 0 Å². The van der Waals surface area contributed by atoms with E-state index < -0.39 is 0 Å². The lowest BCUT2D eigenvalue weighted by molar-refractivity contribution is 0.625. The summed E-state index contributed by atoms with van der Waals surface area (Å²) in [6.07, 6.45) is 2.73. The predicted molar refractivity (Wildman–Crippen MR) is 79.1 cm³/mol. The summed E-state index contributed by atoms with van der Waals surface area (Å²) in [5.41, 5.74) is 3.12. The molecule has 0 amide bonds. The number of halogens is 1. The van der Waals surface area contributed by atoms with Gasteiger partial charge in [-0.15, -0.1) is 0 Å². The van der Waals surface area contributed by atoms with Crippen LogP contribution in [-0.2, 0) is 0 Å². The van der Waals surface area contributed by atoms with Gasteiger partial charge in [0.2, 0.25) is 0 Å². The van der Waals surface area contributed by atoms with Crippen molar-refractivity contribution in [2.24, 2.45) is 0 Å². The Morgan fingerprint density at radius 2 is 2.00 bits per heavy atom. The smallest absolute Gasteiger partial charge is 0.123 e. The Bertz CT molecular complexity index is 703. The van der Waals surface area contributed by atoms with E-state index in [2.05, 4.69) is 22.4 Å². The summed E-state index contributed by atoms with van der Waals surface area (Å²) in [6.45, 7) is 2.11. The third-order valence-electron chi connectivity index (χ3n) is 3.50. The number of H-pyrrole nitrogens is 1. The van der Waals surface area contributed by atoms with Crippen molar-refractivity contribution in [3.05, 3.63) is 60.0 Å². The van der Waals surface area contributed by atoms with Crippen molar-refractivity contribution in [2.45, 2.75) is 19.4 Å². The quantitative estimate of drug-likeness (QED) is 0.742. The molecule has 0 bridgehead atoms. The molecule has 3 aromatic rings. The van der Waals surface area contributed by atoms with Gasteiger partial charge in [0.1, 0.15) is 5.82 Å². The average molecular weight is 269 g/mol. The van der Waals surface area contributed by atoms with Crippen LogP contribution in [0.3, 0.4) is 0 Å². The van der Waals surface area contributed by atoms with Crippen molar-refractivity contribution in [1.82, 2.24) is 10.2 Å². The first-order valence-electron chi connectivity index (χ1n) is 6.72. The van der Waals surface area contributed by atoms with Crippen LogP contribution in [0.25, 0.3) is 10.9 Å². The topological polar surface area (TPSA) is 40.7 Å². The summed E-state index contributed by atoms with van der Waals surface area (Å²) >= 11 is 0. The van der Waals surface area contributed by atoms with Crippen molar-refractivity contribution in [2.75, 3.05) is 5.32 Å². The Hall–Kier alpha value is -2.36. The van der Waals surface area contributed by atoms with Crippen LogP contribution >= 0.6 is 0 Å². The zero-order valence-corrected chi connectivity index (χ0v) is 11.2. The van der Waals surface area contributed by atoms with E-state index in [9.17, 15) is 4.39 Å². The second-order valence-electron chi connectivity index (χ2n) is 4.79.